The molecule has 0 radical (unpaired) electrons. The van der Waals surface area contributed by atoms with Crippen LogP contribution in [0.4, 0.5) is 10.7 Å². The van der Waals surface area contributed by atoms with E-state index in [2.05, 4.69) is 5.32 Å². The molecule has 1 rings (SSSR count). The van der Waals surface area contributed by atoms with E-state index in [4.69, 9.17) is 10.5 Å². The first-order valence-corrected chi connectivity index (χ1v) is 8.70. The molecule has 6 nitrogen and oxygen atoms in total. The minimum absolute atomic E-state index is 0.0487. The zero-order valence-corrected chi connectivity index (χ0v) is 13.5. The Morgan fingerprint density at radius 1 is 1.45 bits per heavy atom. The maximum Gasteiger partial charge on any atom is 0.183 e. The summed E-state index contributed by atoms with van der Waals surface area (Å²) >= 11 is 1.09. The summed E-state index contributed by atoms with van der Waals surface area (Å²) in [5, 5.41) is 3.47. The highest BCUT2D eigenvalue weighted by atomic mass is 32.2. The van der Waals surface area contributed by atoms with E-state index in [0.717, 1.165) is 17.8 Å². The minimum Gasteiger partial charge on any atom is -0.396 e. The molecule has 1 heterocycles. The summed E-state index contributed by atoms with van der Waals surface area (Å²) < 4.78 is 29.2. The second-order valence-electron chi connectivity index (χ2n) is 4.24. The van der Waals surface area contributed by atoms with Crippen LogP contribution in [0, 0.1) is 0 Å². The van der Waals surface area contributed by atoms with Crippen molar-refractivity contribution in [3.8, 4) is 0 Å². The number of sulfone groups is 1. The molecule has 20 heavy (non-hydrogen) atoms. The number of ether oxygens (including phenoxy) is 1. The molecule has 114 valence electrons. The Balaban J connectivity index is 3.15. The third-order valence-corrected chi connectivity index (χ3v) is 5.92. The lowest BCUT2D eigenvalue weighted by atomic mass is 10.3. The van der Waals surface area contributed by atoms with Crippen LogP contribution in [0.15, 0.2) is 4.90 Å². The van der Waals surface area contributed by atoms with Crippen LogP contribution in [-0.2, 0) is 14.6 Å². The Morgan fingerprint density at radius 3 is 2.60 bits per heavy atom. The van der Waals surface area contributed by atoms with E-state index in [1.54, 1.807) is 14.0 Å². The third kappa shape index (κ3) is 3.71. The lowest BCUT2D eigenvalue weighted by molar-refractivity contribution is 0.102. The fourth-order valence-electron chi connectivity index (χ4n) is 1.68. The third-order valence-electron chi connectivity index (χ3n) is 2.72. The highest BCUT2D eigenvalue weighted by molar-refractivity contribution is 7.91. The molecule has 0 amide bonds. The molecular formula is C12H20N2O4S2. The van der Waals surface area contributed by atoms with Gasteiger partial charge < -0.3 is 15.8 Å². The SMILES string of the molecule is CCS(=O)(=O)c1c(NCCCOC)sc(C(C)=O)c1N. The number of carbonyl (C=O) groups excluding carboxylic acids is 1. The van der Waals surface area contributed by atoms with Crippen molar-refractivity contribution in [2.45, 2.75) is 25.2 Å². The summed E-state index contributed by atoms with van der Waals surface area (Å²) in [6, 6.07) is 0. The second kappa shape index (κ2) is 7.05. The Labute approximate surface area is 123 Å². The van der Waals surface area contributed by atoms with Gasteiger partial charge in [-0.15, -0.1) is 11.3 Å². The minimum atomic E-state index is -3.48. The summed E-state index contributed by atoms with van der Waals surface area (Å²) in [5.41, 5.74) is 5.90. The number of hydrogen-bond acceptors (Lipinski definition) is 7. The molecule has 0 bridgehead atoms. The number of nitrogens with two attached hydrogens (primary N) is 1. The molecule has 0 saturated carbocycles. The number of thiophene rings is 1. The Bertz CT molecular complexity index is 579. The smallest absolute Gasteiger partial charge is 0.183 e. The molecule has 0 atom stereocenters. The molecule has 1 aromatic rings. The van der Waals surface area contributed by atoms with Gasteiger partial charge >= 0.3 is 0 Å². The van der Waals surface area contributed by atoms with Crippen molar-refractivity contribution in [2.75, 3.05) is 37.1 Å². The van der Waals surface area contributed by atoms with Crippen molar-refractivity contribution in [3.63, 3.8) is 0 Å². The Kier molecular flexibility index (Phi) is 5.97. The van der Waals surface area contributed by atoms with Gasteiger partial charge in [0.1, 0.15) is 9.90 Å². The second-order valence-corrected chi connectivity index (χ2v) is 7.47. The normalized spacial score (nSPS) is 11.6. The topological polar surface area (TPSA) is 98.5 Å². The molecule has 0 aromatic carbocycles. The van der Waals surface area contributed by atoms with Crippen molar-refractivity contribution in [1.29, 1.82) is 0 Å². The van der Waals surface area contributed by atoms with Crippen molar-refractivity contribution in [1.82, 2.24) is 0 Å². The van der Waals surface area contributed by atoms with Crippen molar-refractivity contribution in [2.24, 2.45) is 0 Å². The van der Waals surface area contributed by atoms with Crippen molar-refractivity contribution < 1.29 is 17.9 Å². The summed E-state index contributed by atoms with van der Waals surface area (Å²) in [4.78, 5) is 11.8. The van der Waals surface area contributed by atoms with Crippen LogP contribution in [0.3, 0.4) is 0 Å². The number of methoxy groups -OCH3 is 1. The van der Waals surface area contributed by atoms with Crippen LogP contribution < -0.4 is 11.1 Å². The number of Topliss-reactive ketones (excluding diaryl/α,β-unsaturated/α-hetero) is 1. The molecule has 0 spiro atoms. The molecule has 8 heteroatoms. The van der Waals surface area contributed by atoms with Crippen LogP contribution in [0.25, 0.3) is 0 Å². The predicted molar refractivity (Wildman–Crippen MR) is 81.4 cm³/mol. The number of hydrogen-bond donors (Lipinski definition) is 2. The van der Waals surface area contributed by atoms with E-state index in [0.29, 0.717) is 18.2 Å². The molecule has 0 aliphatic rings. The number of ketones is 1. The monoisotopic (exact) mass is 320 g/mol. The predicted octanol–water partition coefficient (Wildman–Crippen LogP) is 1.77. The van der Waals surface area contributed by atoms with Crippen LogP contribution in [-0.4, -0.2) is 40.2 Å². The Hall–Kier alpha value is -1.12. The average Bonchev–Trinajstić information content (AvgIpc) is 2.72. The van der Waals surface area contributed by atoms with Crippen LogP contribution in [0.2, 0.25) is 0 Å². The number of anilines is 2. The summed E-state index contributed by atoms with van der Waals surface area (Å²) in [5.74, 6) is -0.289. The first-order chi connectivity index (χ1) is 9.35. The largest absolute Gasteiger partial charge is 0.396 e. The van der Waals surface area contributed by atoms with E-state index < -0.39 is 9.84 Å². The van der Waals surface area contributed by atoms with E-state index in [1.165, 1.54) is 6.92 Å². The average molecular weight is 320 g/mol. The zero-order chi connectivity index (χ0) is 15.3. The maximum absolute atomic E-state index is 12.1. The van der Waals surface area contributed by atoms with Gasteiger partial charge in [-0.3, -0.25) is 4.79 Å². The van der Waals surface area contributed by atoms with E-state index in [1.807, 2.05) is 0 Å². The van der Waals surface area contributed by atoms with Gasteiger partial charge in [0.05, 0.1) is 16.3 Å². The van der Waals surface area contributed by atoms with Crippen LogP contribution in [0.1, 0.15) is 29.9 Å². The van der Waals surface area contributed by atoms with Gasteiger partial charge in [-0.05, 0) is 6.42 Å². The summed E-state index contributed by atoms with van der Waals surface area (Å²) in [7, 11) is -1.87. The summed E-state index contributed by atoms with van der Waals surface area (Å²) in [6.45, 7) is 4.05. The highest BCUT2D eigenvalue weighted by Gasteiger charge is 2.27. The Morgan fingerprint density at radius 2 is 2.10 bits per heavy atom. The number of rotatable bonds is 8. The molecular weight excluding hydrogens is 300 g/mol. The molecule has 3 N–H and O–H groups in total. The molecule has 1 aromatic heterocycles. The number of carbonyl (C=O) groups is 1. The fraction of sp³-hybridized carbons (Fsp3) is 0.583. The number of nitrogen functional groups attached to an aromatic ring is 1. The van der Waals surface area contributed by atoms with E-state index in [-0.39, 0.29) is 27.0 Å². The van der Waals surface area contributed by atoms with Gasteiger partial charge in [0.25, 0.3) is 0 Å². The number of nitrogens with one attached hydrogen (secondary N) is 1. The zero-order valence-electron chi connectivity index (χ0n) is 11.9. The molecule has 0 aliphatic heterocycles. The van der Waals surface area contributed by atoms with E-state index >= 15 is 0 Å². The fourth-order valence-corrected chi connectivity index (χ4v) is 4.27. The van der Waals surface area contributed by atoms with Crippen molar-refractivity contribution in [3.05, 3.63) is 4.88 Å². The highest BCUT2D eigenvalue weighted by Crippen LogP contribution is 2.39. The van der Waals surface area contributed by atoms with Crippen molar-refractivity contribution >= 4 is 37.6 Å². The molecule has 0 saturated heterocycles. The lowest BCUT2D eigenvalue weighted by Gasteiger charge is -2.07. The van der Waals surface area contributed by atoms with Gasteiger partial charge in [-0.1, -0.05) is 6.92 Å². The maximum atomic E-state index is 12.1. The first kappa shape index (κ1) is 16.9. The standard InChI is InChI=1S/C12H20N2O4S2/c1-4-20(16,17)11-9(13)10(8(2)15)19-12(11)14-6-5-7-18-3/h14H,4-7,13H2,1-3H3. The molecule has 0 unspecified atom stereocenters. The van der Waals surface area contributed by atoms with Gasteiger partial charge in [0, 0.05) is 27.2 Å². The van der Waals surface area contributed by atoms with E-state index in [9.17, 15) is 13.2 Å². The quantitative estimate of drug-likeness (QED) is 0.559. The first-order valence-electron chi connectivity index (χ1n) is 6.23. The van der Waals surface area contributed by atoms with Crippen LogP contribution >= 0.6 is 11.3 Å². The van der Waals surface area contributed by atoms with Gasteiger partial charge in [-0.2, -0.15) is 0 Å². The molecule has 0 fully saturated rings. The summed E-state index contributed by atoms with van der Waals surface area (Å²) in [6.07, 6.45) is 0.731. The van der Waals surface area contributed by atoms with Crippen LogP contribution in [0.5, 0.6) is 0 Å². The van der Waals surface area contributed by atoms with Gasteiger partial charge in [-0.25, -0.2) is 8.42 Å². The molecule has 0 aliphatic carbocycles. The lowest BCUT2D eigenvalue weighted by Crippen LogP contribution is -2.11. The van der Waals surface area contributed by atoms with Gasteiger partial charge in [0.15, 0.2) is 15.6 Å². The van der Waals surface area contributed by atoms with Gasteiger partial charge in [0.2, 0.25) is 0 Å².